The molecule has 8 aromatic carbocycles. The lowest BCUT2D eigenvalue weighted by atomic mass is 9.96. The van der Waals surface area contributed by atoms with E-state index < -0.39 is 0 Å². The highest BCUT2D eigenvalue weighted by atomic mass is 15.0. The Bertz CT molecular complexity index is 2890. The molecule has 240 valence electrons. The topological polar surface area (TPSA) is 9.86 Å². The molecule has 0 bridgehead atoms. The third-order valence-corrected chi connectivity index (χ3v) is 10.4. The van der Waals surface area contributed by atoms with Crippen LogP contribution in [0.25, 0.3) is 88.4 Å². The summed E-state index contributed by atoms with van der Waals surface area (Å²) in [6.07, 6.45) is 0. The van der Waals surface area contributed by atoms with E-state index in [0.29, 0.717) is 0 Å². The van der Waals surface area contributed by atoms with Gasteiger partial charge in [0.05, 0.1) is 22.1 Å². The van der Waals surface area contributed by atoms with Gasteiger partial charge >= 0.3 is 0 Å². The van der Waals surface area contributed by atoms with E-state index in [1.54, 1.807) is 0 Å². The molecule has 0 unspecified atom stereocenters. The Labute approximate surface area is 297 Å². The molecular weight excluding hydrogens is 617 g/mol. The molecule has 0 spiro atoms. The van der Waals surface area contributed by atoms with E-state index in [2.05, 4.69) is 204 Å². The summed E-state index contributed by atoms with van der Waals surface area (Å²) in [4.78, 5) is 0. The first-order valence-corrected chi connectivity index (χ1v) is 17.6. The summed E-state index contributed by atoms with van der Waals surface area (Å²) in [7, 11) is 0. The minimum Gasteiger partial charge on any atom is -0.309 e. The molecule has 51 heavy (non-hydrogen) atoms. The second-order valence-corrected chi connectivity index (χ2v) is 13.5. The Kier molecular flexibility index (Phi) is 6.75. The zero-order valence-corrected chi connectivity index (χ0v) is 28.3. The van der Waals surface area contributed by atoms with Gasteiger partial charge in [0, 0.05) is 32.9 Å². The molecule has 0 fully saturated rings. The van der Waals surface area contributed by atoms with Gasteiger partial charge in [-0.05, 0) is 113 Å². The van der Waals surface area contributed by atoms with Crippen LogP contribution in [0.15, 0.2) is 188 Å². The van der Waals surface area contributed by atoms with Crippen LogP contribution in [-0.2, 0) is 0 Å². The molecule has 0 saturated heterocycles. The first-order chi connectivity index (χ1) is 25.2. The Hall–Kier alpha value is -6.64. The summed E-state index contributed by atoms with van der Waals surface area (Å²) in [6, 6.07) is 68.5. The fourth-order valence-corrected chi connectivity index (χ4v) is 7.91. The van der Waals surface area contributed by atoms with Crippen LogP contribution in [-0.4, -0.2) is 9.13 Å². The lowest BCUT2D eigenvalue weighted by Gasteiger charge is -2.10. The number of hydrogen-bond donors (Lipinski definition) is 0. The van der Waals surface area contributed by atoms with E-state index in [1.165, 1.54) is 93.9 Å². The van der Waals surface area contributed by atoms with Crippen molar-refractivity contribution >= 4 is 43.6 Å². The van der Waals surface area contributed by atoms with Crippen molar-refractivity contribution in [1.29, 1.82) is 0 Å². The summed E-state index contributed by atoms with van der Waals surface area (Å²) in [5, 5.41) is 5.09. The van der Waals surface area contributed by atoms with Crippen molar-refractivity contribution in [3.05, 3.63) is 194 Å². The quantitative estimate of drug-likeness (QED) is 0.175. The van der Waals surface area contributed by atoms with Crippen molar-refractivity contribution in [2.75, 3.05) is 0 Å². The lowest BCUT2D eigenvalue weighted by Crippen LogP contribution is -1.93. The van der Waals surface area contributed by atoms with Gasteiger partial charge in [0.2, 0.25) is 0 Å². The maximum atomic E-state index is 2.38. The molecule has 0 radical (unpaired) electrons. The summed E-state index contributed by atoms with van der Waals surface area (Å²) in [5.41, 5.74) is 15.8. The zero-order chi connectivity index (χ0) is 33.9. The monoisotopic (exact) mass is 650 g/mol. The van der Waals surface area contributed by atoms with Crippen LogP contribution in [0.4, 0.5) is 0 Å². The van der Waals surface area contributed by atoms with Gasteiger partial charge in [-0.15, -0.1) is 0 Å². The van der Waals surface area contributed by atoms with Crippen molar-refractivity contribution in [2.24, 2.45) is 0 Å². The van der Waals surface area contributed by atoms with Crippen LogP contribution in [0.5, 0.6) is 0 Å². The summed E-state index contributed by atoms with van der Waals surface area (Å²) >= 11 is 0. The normalized spacial score (nSPS) is 11.6. The average Bonchev–Trinajstić information content (AvgIpc) is 3.70. The number of para-hydroxylation sites is 3. The van der Waals surface area contributed by atoms with Gasteiger partial charge in [-0.3, -0.25) is 0 Å². The van der Waals surface area contributed by atoms with Crippen LogP contribution in [0.2, 0.25) is 0 Å². The molecular formula is C49H34N2. The van der Waals surface area contributed by atoms with Gasteiger partial charge < -0.3 is 9.13 Å². The van der Waals surface area contributed by atoms with Crippen LogP contribution in [0.1, 0.15) is 5.56 Å². The standard InChI is InChI=1S/C49H34N2/c1-33-19-26-47-43(29-33)45-32-39(25-28-49(45)51(47)41-15-6-3-7-16-41)37-12-10-11-36(30-37)34-20-22-35(23-21-34)38-24-27-48-44(31-38)42-17-8-9-18-46(42)50(48)40-13-4-2-5-14-40/h2-32H,1H3. The smallest absolute Gasteiger partial charge is 0.0541 e. The molecule has 2 heteroatoms. The predicted molar refractivity (Wildman–Crippen MR) is 216 cm³/mol. The van der Waals surface area contributed by atoms with Gasteiger partial charge in [0.15, 0.2) is 0 Å². The number of benzene rings is 8. The SMILES string of the molecule is Cc1ccc2c(c1)c1cc(-c3cccc(-c4ccc(-c5ccc6c(c5)c5ccccc5n6-c5ccccc5)cc4)c3)ccc1n2-c1ccccc1. The largest absolute Gasteiger partial charge is 0.309 e. The molecule has 0 amide bonds. The van der Waals surface area contributed by atoms with Crippen LogP contribution in [0, 0.1) is 6.92 Å². The van der Waals surface area contributed by atoms with E-state index in [0.717, 1.165) is 0 Å². The number of fused-ring (bicyclic) bond motifs is 6. The fourth-order valence-electron chi connectivity index (χ4n) is 7.91. The third-order valence-electron chi connectivity index (χ3n) is 10.4. The molecule has 2 heterocycles. The third kappa shape index (κ3) is 4.87. The van der Waals surface area contributed by atoms with Gasteiger partial charge in [-0.1, -0.05) is 121 Å². The lowest BCUT2D eigenvalue weighted by molar-refractivity contribution is 1.18. The minimum atomic E-state index is 1.18. The zero-order valence-electron chi connectivity index (χ0n) is 28.3. The summed E-state index contributed by atoms with van der Waals surface area (Å²) in [6.45, 7) is 2.17. The molecule has 0 atom stereocenters. The first kappa shape index (κ1) is 29.3. The highest BCUT2D eigenvalue weighted by molar-refractivity contribution is 6.11. The number of nitrogens with zero attached hydrogens (tertiary/aromatic N) is 2. The number of aryl methyl sites for hydroxylation is 1. The summed E-state index contributed by atoms with van der Waals surface area (Å²) in [5.74, 6) is 0. The van der Waals surface area contributed by atoms with Crippen LogP contribution >= 0.6 is 0 Å². The molecule has 0 aliphatic rings. The summed E-state index contributed by atoms with van der Waals surface area (Å²) < 4.78 is 4.75. The van der Waals surface area contributed by atoms with Gasteiger partial charge in [-0.2, -0.15) is 0 Å². The van der Waals surface area contributed by atoms with E-state index in [4.69, 9.17) is 0 Å². The molecule has 10 aromatic rings. The molecule has 0 N–H and O–H groups in total. The van der Waals surface area contributed by atoms with Crippen molar-refractivity contribution in [3.63, 3.8) is 0 Å². The molecule has 0 saturated carbocycles. The molecule has 0 aliphatic heterocycles. The van der Waals surface area contributed by atoms with Crippen molar-refractivity contribution in [3.8, 4) is 44.8 Å². The maximum absolute atomic E-state index is 2.38. The molecule has 0 aliphatic carbocycles. The Morgan fingerprint density at radius 1 is 0.275 bits per heavy atom. The van der Waals surface area contributed by atoms with Crippen LogP contribution in [0.3, 0.4) is 0 Å². The molecule has 2 nitrogen and oxygen atoms in total. The van der Waals surface area contributed by atoms with E-state index in [-0.39, 0.29) is 0 Å². The van der Waals surface area contributed by atoms with E-state index >= 15 is 0 Å². The van der Waals surface area contributed by atoms with Gasteiger partial charge in [-0.25, -0.2) is 0 Å². The van der Waals surface area contributed by atoms with Crippen molar-refractivity contribution in [1.82, 2.24) is 9.13 Å². The fraction of sp³-hybridized carbons (Fsp3) is 0.0204. The van der Waals surface area contributed by atoms with Crippen molar-refractivity contribution < 1.29 is 0 Å². The first-order valence-electron chi connectivity index (χ1n) is 17.6. The van der Waals surface area contributed by atoms with Crippen molar-refractivity contribution in [2.45, 2.75) is 6.92 Å². The number of rotatable bonds is 5. The van der Waals surface area contributed by atoms with Crippen LogP contribution < -0.4 is 0 Å². The number of aromatic nitrogens is 2. The molecule has 10 rings (SSSR count). The second kappa shape index (κ2) is 11.8. The Morgan fingerprint density at radius 2 is 0.686 bits per heavy atom. The minimum absolute atomic E-state index is 1.18. The number of hydrogen-bond acceptors (Lipinski definition) is 0. The van der Waals surface area contributed by atoms with Gasteiger partial charge in [0.25, 0.3) is 0 Å². The highest BCUT2D eigenvalue weighted by Crippen LogP contribution is 2.38. The average molecular weight is 651 g/mol. The van der Waals surface area contributed by atoms with Gasteiger partial charge in [0.1, 0.15) is 0 Å². The Balaban J connectivity index is 1.01. The predicted octanol–water partition coefficient (Wildman–Crippen LogP) is 13.2. The highest BCUT2D eigenvalue weighted by Gasteiger charge is 2.15. The maximum Gasteiger partial charge on any atom is 0.0541 e. The van der Waals surface area contributed by atoms with E-state index in [1.807, 2.05) is 0 Å². The van der Waals surface area contributed by atoms with E-state index in [9.17, 15) is 0 Å². The molecule has 2 aromatic heterocycles. The Morgan fingerprint density at radius 3 is 1.29 bits per heavy atom. The second-order valence-electron chi connectivity index (χ2n) is 13.5.